The van der Waals surface area contributed by atoms with Crippen LogP contribution in [0.4, 0.5) is 0 Å². The molecule has 0 aliphatic carbocycles. The molecule has 0 unspecified atom stereocenters. The maximum absolute atomic E-state index is 6.46. The third-order valence-corrected chi connectivity index (χ3v) is 8.58. The van der Waals surface area contributed by atoms with E-state index in [1.54, 1.807) is 0 Å². The molecule has 0 aliphatic heterocycles. The first-order valence-corrected chi connectivity index (χ1v) is 12.4. The fraction of sp³-hybridized carbons (Fsp3) is 0. The van der Waals surface area contributed by atoms with Gasteiger partial charge in [-0.25, -0.2) is 0 Å². The number of hydrogen-bond donors (Lipinski definition) is 0. The summed E-state index contributed by atoms with van der Waals surface area (Å²) >= 11 is 2.44. The van der Waals surface area contributed by atoms with Gasteiger partial charge in [-0.05, 0) is 23.6 Å². The highest BCUT2D eigenvalue weighted by atomic mass is 127. The lowest BCUT2D eigenvalue weighted by atomic mass is 10.0. The van der Waals surface area contributed by atoms with Gasteiger partial charge in [0.25, 0.3) is 0 Å². The molecule has 0 atom stereocenters. The second kappa shape index (κ2) is 5.83. The van der Waals surface area contributed by atoms with Gasteiger partial charge in [-0.3, -0.25) is 2.78 Å². The summed E-state index contributed by atoms with van der Waals surface area (Å²) in [7, 11) is 0. The molecule has 0 bridgehead atoms. The summed E-state index contributed by atoms with van der Waals surface area (Å²) in [4.78, 5) is 0. The van der Waals surface area contributed by atoms with E-state index in [-0.39, 0.29) is 0 Å². The van der Waals surface area contributed by atoms with E-state index in [9.17, 15) is 0 Å². The van der Waals surface area contributed by atoms with E-state index in [2.05, 4.69) is 115 Å². The topological polar surface area (TPSA) is 22.5 Å². The Morgan fingerprint density at radius 1 is 0.500 bits per heavy atom. The highest BCUT2D eigenvalue weighted by Gasteiger charge is 2.24. The third-order valence-electron chi connectivity index (χ3n) is 7.54. The molecule has 3 nitrogen and oxygen atoms in total. The lowest BCUT2D eigenvalue weighted by Gasteiger charge is -2.05. The van der Waals surface area contributed by atoms with Gasteiger partial charge in [-0.2, -0.15) is 0 Å². The highest BCUT2D eigenvalue weighted by Crippen LogP contribution is 2.47. The fourth-order valence-electron chi connectivity index (χ4n) is 6.27. The quantitative estimate of drug-likeness (QED) is 0.174. The number of para-hydroxylation sites is 3. The molecule has 4 aromatic heterocycles. The molecule has 9 rings (SSSR count). The molecule has 9 aromatic rings. The van der Waals surface area contributed by atoms with Crippen LogP contribution in [-0.4, -0.2) is 7.18 Å². The molecule has 158 valence electrons. The number of fused-ring (bicyclic) bond motifs is 9. The molecule has 0 radical (unpaired) electrons. The van der Waals surface area contributed by atoms with Gasteiger partial charge in [-0.1, -0.05) is 66.7 Å². The lowest BCUT2D eigenvalue weighted by Crippen LogP contribution is -1.87. The minimum Gasteiger partial charge on any atom is -0.456 e. The summed E-state index contributed by atoms with van der Waals surface area (Å²) in [5.41, 5.74) is 7.99. The van der Waals surface area contributed by atoms with Gasteiger partial charge >= 0.3 is 0 Å². The maximum Gasteiger partial charge on any atom is 0.139 e. The van der Waals surface area contributed by atoms with Crippen molar-refractivity contribution in [2.24, 2.45) is 0 Å². The molecule has 4 heteroatoms. The van der Waals surface area contributed by atoms with Gasteiger partial charge in [0.15, 0.2) is 0 Å². The molecular weight excluding hydrogens is 531 g/mol. The molecule has 4 heterocycles. The number of furan rings is 1. The molecule has 34 heavy (non-hydrogen) atoms. The van der Waals surface area contributed by atoms with Crippen LogP contribution >= 0.6 is 22.9 Å². The van der Waals surface area contributed by atoms with Crippen molar-refractivity contribution in [3.05, 3.63) is 91.0 Å². The van der Waals surface area contributed by atoms with Crippen LogP contribution in [0.3, 0.4) is 0 Å². The van der Waals surface area contributed by atoms with Crippen LogP contribution < -0.4 is 0 Å². The largest absolute Gasteiger partial charge is 0.456 e. The van der Waals surface area contributed by atoms with E-state index in [1.807, 2.05) is 6.07 Å². The fourth-order valence-corrected chi connectivity index (χ4v) is 7.05. The molecule has 0 saturated heterocycles. The van der Waals surface area contributed by atoms with Crippen molar-refractivity contribution >= 4 is 105 Å². The van der Waals surface area contributed by atoms with Crippen molar-refractivity contribution in [3.8, 4) is 0 Å². The molecule has 0 amide bonds. The van der Waals surface area contributed by atoms with Crippen LogP contribution in [0.25, 0.3) is 81.8 Å². The van der Waals surface area contributed by atoms with Crippen molar-refractivity contribution in [2.75, 3.05) is 0 Å². The number of aromatic nitrogens is 2. The Labute approximate surface area is 206 Å². The minimum atomic E-state index is 0.927. The first-order chi connectivity index (χ1) is 16.8. The van der Waals surface area contributed by atoms with Crippen LogP contribution in [0.15, 0.2) is 95.4 Å². The smallest absolute Gasteiger partial charge is 0.139 e. The van der Waals surface area contributed by atoms with Crippen molar-refractivity contribution in [3.63, 3.8) is 0 Å². The Kier molecular flexibility index (Phi) is 3.03. The van der Waals surface area contributed by atoms with Crippen molar-refractivity contribution in [1.82, 2.24) is 7.18 Å². The van der Waals surface area contributed by atoms with Gasteiger partial charge < -0.3 is 8.82 Å². The zero-order valence-electron chi connectivity index (χ0n) is 17.8. The van der Waals surface area contributed by atoms with Crippen molar-refractivity contribution in [1.29, 1.82) is 0 Å². The van der Waals surface area contributed by atoms with E-state index in [0.29, 0.717) is 0 Å². The molecule has 0 N–H and O–H groups in total. The van der Waals surface area contributed by atoms with Gasteiger partial charge in [0.05, 0.1) is 55.8 Å². The molecule has 0 aliphatic rings. The summed E-state index contributed by atoms with van der Waals surface area (Å²) in [5, 5.41) is 10.1. The standard InChI is InChI=1S/C30H15IN2O/c31-33-22-13-6-9-17-19-11-5-10-18-16-7-1-3-12-21(16)32(29(18)19)30-27-20-8-2-4-14-24(20)34-25(27)15-23(33)28(30)26(17)22/h1-15H. The van der Waals surface area contributed by atoms with Crippen LogP contribution in [0.1, 0.15) is 0 Å². The van der Waals surface area contributed by atoms with Crippen molar-refractivity contribution in [2.45, 2.75) is 0 Å². The van der Waals surface area contributed by atoms with E-state index in [0.717, 1.165) is 16.6 Å². The number of halogens is 1. The Morgan fingerprint density at radius 3 is 2.09 bits per heavy atom. The lowest BCUT2D eigenvalue weighted by molar-refractivity contribution is 0.669. The van der Waals surface area contributed by atoms with E-state index in [1.165, 1.54) is 65.3 Å². The molecule has 0 saturated carbocycles. The first-order valence-electron chi connectivity index (χ1n) is 11.4. The van der Waals surface area contributed by atoms with Crippen LogP contribution in [-0.2, 0) is 0 Å². The second-order valence-electron chi connectivity index (χ2n) is 9.13. The van der Waals surface area contributed by atoms with Gasteiger partial charge in [0.2, 0.25) is 0 Å². The Bertz CT molecular complexity index is 2300. The number of hydrogen-bond acceptors (Lipinski definition) is 1. The van der Waals surface area contributed by atoms with Gasteiger partial charge in [0.1, 0.15) is 11.2 Å². The van der Waals surface area contributed by atoms with Crippen LogP contribution in [0.2, 0.25) is 0 Å². The monoisotopic (exact) mass is 546 g/mol. The number of rotatable bonds is 0. The third kappa shape index (κ3) is 1.85. The molecule has 0 spiro atoms. The summed E-state index contributed by atoms with van der Waals surface area (Å²) in [6, 6.07) is 32.9. The van der Waals surface area contributed by atoms with Crippen LogP contribution in [0.5, 0.6) is 0 Å². The summed E-state index contributed by atoms with van der Waals surface area (Å²) in [5.74, 6) is 0. The minimum absolute atomic E-state index is 0.927. The predicted octanol–water partition coefficient (Wildman–Crippen LogP) is 9.04. The normalized spacial score (nSPS) is 12.9. The number of nitrogens with zero attached hydrogens (tertiary/aromatic N) is 2. The van der Waals surface area contributed by atoms with E-state index >= 15 is 0 Å². The molecule has 5 aromatic carbocycles. The Morgan fingerprint density at radius 2 is 1.18 bits per heavy atom. The van der Waals surface area contributed by atoms with Gasteiger partial charge in [0, 0.05) is 38.4 Å². The summed E-state index contributed by atoms with van der Waals surface area (Å²) < 4.78 is 11.3. The predicted molar refractivity (Wildman–Crippen MR) is 151 cm³/mol. The summed E-state index contributed by atoms with van der Waals surface area (Å²) in [6.45, 7) is 0. The highest BCUT2D eigenvalue weighted by molar-refractivity contribution is 14.1. The van der Waals surface area contributed by atoms with Crippen LogP contribution in [0, 0.1) is 0 Å². The van der Waals surface area contributed by atoms with Crippen molar-refractivity contribution < 1.29 is 4.42 Å². The average Bonchev–Trinajstić information content (AvgIpc) is 3.48. The summed E-state index contributed by atoms with van der Waals surface area (Å²) in [6.07, 6.45) is 0. The molecular formula is C30H15IN2O. The Hall–Kier alpha value is -3.77. The average molecular weight is 546 g/mol. The van der Waals surface area contributed by atoms with Gasteiger partial charge in [-0.15, -0.1) is 0 Å². The zero-order chi connectivity index (χ0) is 22.1. The second-order valence-corrected chi connectivity index (χ2v) is 10.1. The van der Waals surface area contributed by atoms with E-state index < -0.39 is 0 Å². The number of benzene rings is 5. The SMILES string of the molecule is In1c2cccc3c4cccc5c6ccccc6n(c45)c4c5c(cc1c4c32)oc1ccccc15. The van der Waals surface area contributed by atoms with E-state index in [4.69, 9.17) is 4.42 Å². The zero-order valence-corrected chi connectivity index (χ0v) is 20.0. The Balaban J connectivity index is 1.84. The first kappa shape index (κ1) is 17.7. The molecule has 0 fully saturated rings. The maximum atomic E-state index is 6.46.